The van der Waals surface area contributed by atoms with Crippen molar-refractivity contribution in [2.75, 3.05) is 6.61 Å². The second kappa shape index (κ2) is 8.20. The van der Waals surface area contributed by atoms with Crippen molar-refractivity contribution in [3.05, 3.63) is 36.0 Å². The average Bonchev–Trinajstić information content (AvgIpc) is 2.94. The molecule has 0 spiro atoms. The Bertz CT molecular complexity index is 753. The first-order valence-electron chi connectivity index (χ1n) is 10.6. The predicted octanol–water partition coefficient (Wildman–Crippen LogP) is 1.60. The fraction of sp³-hybridized carbons (Fsp3) is 0.696. The third-order valence-corrected chi connectivity index (χ3v) is 7.25. The third-order valence-electron chi connectivity index (χ3n) is 7.25. The quantitative estimate of drug-likeness (QED) is 0.230. The number of carbonyl (C=O) groups excluding carboxylic acids is 1. The molecule has 0 aromatic heterocycles. The van der Waals surface area contributed by atoms with Crippen LogP contribution in [0.1, 0.15) is 47.0 Å². The molecule has 7 heteroatoms. The second-order valence-corrected chi connectivity index (χ2v) is 9.74. The van der Waals surface area contributed by atoms with Crippen molar-refractivity contribution in [2.24, 2.45) is 16.7 Å². The van der Waals surface area contributed by atoms with Crippen molar-refractivity contribution < 1.29 is 34.7 Å². The van der Waals surface area contributed by atoms with E-state index in [0.717, 1.165) is 12.8 Å². The van der Waals surface area contributed by atoms with E-state index >= 15 is 0 Å². The highest BCUT2D eigenvalue weighted by atomic mass is 16.6. The van der Waals surface area contributed by atoms with E-state index in [-0.39, 0.29) is 17.9 Å². The minimum Gasteiger partial charge on any atom is -0.455 e. The molecular weight excluding hydrogens is 388 g/mol. The zero-order chi connectivity index (χ0) is 22.3. The van der Waals surface area contributed by atoms with Gasteiger partial charge in [-0.25, -0.2) is 4.79 Å². The molecular formula is C23H34O7. The summed E-state index contributed by atoms with van der Waals surface area (Å²) in [5, 5.41) is 40.8. The van der Waals surface area contributed by atoms with Crippen LogP contribution in [0.4, 0.5) is 0 Å². The van der Waals surface area contributed by atoms with Crippen LogP contribution in [0.5, 0.6) is 0 Å². The molecule has 7 unspecified atom stereocenters. The number of esters is 1. The van der Waals surface area contributed by atoms with Gasteiger partial charge < -0.3 is 29.9 Å². The minimum absolute atomic E-state index is 0.101. The highest BCUT2D eigenvalue weighted by Crippen LogP contribution is 2.63. The van der Waals surface area contributed by atoms with Gasteiger partial charge in [-0.3, -0.25) is 0 Å². The van der Waals surface area contributed by atoms with Crippen LogP contribution in [0.15, 0.2) is 36.0 Å². The van der Waals surface area contributed by atoms with Gasteiger partial charge >= 0.3 is 5.97 Å². The Morgan fingerprint density at radius 1 is 1.27 bits per heavy atom. The number of fused-ring (bicyclic) bond motifs is 3. The van der Waals surface area contributed by atoms with Gasteiger partial charge in [0, 0.05) is 17.4 Å². The molecule has 0 bridgehead atoms. The Kier molecular flexibility index (Phi) is 6.33. The van der Waals surface area contributed by atoms with Crippen LogP contribution in [-0.4, -0.2) is 63.2 Å². The van der Waals surface area contributed by atoms with Crippen LogP contribution in [0, 0.1) is 16.7 Å². The highest BCUT2D eigenvalue weighted by Gasteiger charge is 2.68. The maximum Gasteiger partial charge on any atom is 0.331 e. The smallest absolute Gasteiger partial charge is 0.331 e. The van der Waals surface area contributed by atoms with E-state index < -0.39 is 41.6 Å². The molecule has 30 heavy (non-hydrogen) atoms. The molecule has 1 heterocycles. The van der Waals surface area contributed by atoms with Gasteiger partial charge in [-0.15, -0.1) is 0 Å². The van der Waals surface area contributed by atoms with Crippen LogP contribution < -0.4 is 0 Å². The number of aliphatic hydroxyl groups is 4. The van der Waals surface area contributed by atoms with Gasteiger partial charge in [-0.05, 0) is 36.8 Å². The van der Waals surface area contributed by atoms with Crippen molar-refractivity contribution in [2.45, 2.75) is 77.2 Å². The molecule has 1 saturated heterocycles. The minimum atomic E-state index is -1.49. The van der Waals surface area contributed by atoms with Gasteiger partial charge in [0.05, 0.1) is 18.8 Å². The number of ether oxygens (including phenoxy) is 2. The maximum atomic E-state index is 12.5. The van der Waals surface area contributed by atoms with Gasteiger partial charge in [0.2, 0.25) is 0 Å². The van der Waals surface area contributed by atoms with E-state index in [9.17, 15) is 25.2 Å². The first-order chi connectivity index (χ1) is 13.9. The van der Waals surface area contributed by atoms with Gasteiger partial charge in [-0.1, -0.05) is 45.4 Å². The molecule has 4 N–H and O–H groups in total. The second-order valence-electron chi connectivity index (χ2n) is 9.74. The Balaban J connectivity index is 1.85. The lowest BCUT2D eigenvalue weighted by Gasteiger charge is -2.60. The zero-order valence-electron chi connectivity index (χ0n) is 18.1. The first-order valence-corrected chi connectivity index (χ1v) is 10.6. The Morgan fingerprint density at radius 3 is 2.63 bits per heavy atom. The number of allylic oxidation sites excluding steroid dienone is 2. The van der Waals surface area contributed by atoms with Gasteiger partial charge in [0.1, 0.15) is 11.7 Å². The summed E-state index contributed by atoms with van der Waals surface area (Å²) in [6.07, 6.45) is 6.08. The summed E-state index contributed by atoms with van der Waals surface area (Å²) in [5.74, 6) is -0.740. The molecule has 168 valence electrons. The summed E-state index contributed by atoms with van der Waals surface area (Å²) >= 11 is 0. The van der Waals surface area contributed by atoms with Gasteiger partial charge in [0.25, 0.3) is 0 Å². The molecule has 3 aliphatic rings. The lowest BCUT2D eigenvalue weighted by atomic mass is 9.46. The monoisotopic (exact) mass is 422 g/mol. The molecule has 7 atom stereocenters. The van der Waals surface area contributed by atoms with Crippen LogP contribution in [-0.2, 0) is 14.3 Å². The van der Waals surface area contributed by atoms with E-state index in [0.29, 0.717) is 12.0 Å². The van der Waals surface area contributed by atoms with Crippen LogP contribution in [0.3, 0.4) is 0 Å². The molecule has 1 aliphatic heterocycles. The van der Waals surface area contributed by atoms with E-state index in [2.05, 4.69) is 13.8 Å². The van der Waals surface area contributed by atoms with Gasteiger partial charge in [-0.2, -0.15) is 0 Å². The van der Waals surface area contributed by atoms with Crippen LogP contribution in [0.2, 0.25) is 0 Å². The summed E-state index contributed by atoms with van der Waals surface area (Å²) in [4.78, 5) is 12.5. The number of hydrogen-bond donors (Lipinski definition) is 4. The molecule has 2 fully saturated rings. The number of carbonyl (C=O) groups is 1. The topological polar surface area (TPSA) is 116 Å². The Morgan fingerprint density at radius 2 is 1.97 bits per heavy atom. The lowest BCUT2D eigenvalue weighted by Crippen LogP contribution is -2.65. The summed E-state index contributed by atoms with van der Waals surface area (Å²) in [7, 11) is 0. The third kappa shape index (κ3) is 3.78. The standard InChI is InChI=1S/C23H34O7/c1-14(24)16(25)8-5-6-9-18(26)30-17-12-15-13-29-20(27)23(15,28)22(4)11-7-10-21(2,3)19(17)22/h5-6,8-9,12,14,16-17,19-20,24-25,27-28H,7,10-11,13H2,1-4H3/b8-5+,9-6+. The molecule has 3 rings (SSSR count). The summed E-state index contributed by atoms with van der Waals surface area (Å²) in [6, 6.07) is 0. The Hall–Kier alpha value is -1.51. The Labute approximate surface area is 177 Å². The van der Waals surface area contributed by atoms with Crippen molar-refractivity contribution >= 4 is 5.97 Å². The van der Waals surface area contributed by atoms with Crippen LogP contribution in [0.25, 0.3) is 0 Å². The number of aliphatic hydroxyl groups excluding tert-OH is 3. The van der Waals surface area contributed by atoms with Crippen molar-refractivity contribution in [3.63, 3.8) is 0 Å². The molecule has 7 nitrogen and oxygen atoms in total. The van der Waals surface area contributed by atoms with Crippen LogP contribution >= 0.6 is 0 Å². The van der Waals surface area contributed by atoms with E-state index in [1.165, 1.54) is 31.2 Å². The summed E-state index contributed by atoms with van der Waals surface area (Å²) in [5.41, 5.74) is -1.85. The summed E-state index contributed by atoms with van der Waals surface area (Å²) < 4.78 is 11.2. The van der Waals surface area contributed by atoms with E-state index in [4.69, 9.17) is 9.47 Å². The largest absolute Gasteiger partial charge is 0.455 e. The fourth-order valence-electron chi connectivity index (χ4n) is 5.74. The molecule has 1 saturated carbocycles. The van der Waals surface area contributed by atoms with Crippen molar-refractivity contribution in [1.82, 2.24) is 0 Å². The predicted molar refractivity (Wildman–Crippen MR) is 110 cm³/mol. The van der Waals surface area contributed by atoms with E-state index in [1.54, 1.807) is 6.08 Å². The number of hydrogen-bond acceptors (Lipinski definition) is 7. The SMILES string of the molecule is CC(O)C(O)/C=C/C=C/C(=O)OC1C=C2COC(O)C2(O)C2(C)CCCC(C)(C)C12. The van der Waals surface area contributed by atoms with Crippen molar-refractivity contribution in [1.29, 1.82) is 0 Å². The number of rotatable bonds is 5. The molecule has 0 amide bonds. The lowest BCUT2D eigenvalue weighted by molar-refractivity contribution is -0.244. The van der Waals surface area contributed by atoms with E-state index in [1.807, 2.05) is 6.92 Å². The molecule has 2 aliphatic carbocycles. The maximum absolute atomic E-state index is 12.5. The fourth-order valence-corrected chi connectivity index (χ4v) is 5.74. The van der Waals surface area contributed by atoms with Gasteiger partial charge in [0.15, 0.2) is 6.29 Å². The summed E-state index contributed by atoms with van der Waals surface area (Å²) in [6.45, 7) is 7.74. The van der Waals surface area contributed by atoms with Crippen molar-refractivity contribution in [3.8, 4) is 0 Å². The highest BCUT2D eigenvalue weighted by molar-refractivity contribution is 5.82. The molecule has 0 aromatic carbocycles. The molecule has 0 aromatic rings. The zero-order valence-corrected chi connectivity index (χ0v) is 18.1. The molecule has 0 radical (unpaired) electrons. The normalized spacial score (nSPS) is 40.0. The first kappa shape index (κ1) is 23.2. The average molecular weight is 423 g/mol.